The lowest BCUT2D eigenvalue weighted by atomic mass is 10.1. The van der Waals surface area contributed by atoms with Crippen LogP contribution in [0.3, 0.4) is 0 Å². The fourth-order valence-electron chi connectivity index (χ4n) is 4.06. The molecule has 1 saturated carbocycles. The van der Waals surface area contributed by atoms with E-state index < -0.39 is 0 Å². The number of hydrogen-bond acceptors (Lipinski definition) is 4. The number of aromatic nitrogens is 1. The van der Waals surface area contributed by atoms with Crippen LogP contribution >= 0.6 is 0 Å². The zero-order valence-corrected chi connectivity index (χ0v) is 18.0. The Labute approximate surface area is 191 Å². The van der Waals surface area contributed by atoms with Crippen LogP contribution in [-0.2, 0) is 11.3 Å². The van der Waals surface area contributed by atoms with Crippen LogP contribution in [0.4, 0.5) is 11.4 Å². The fraction of sp³-hybridized carbons (Fsp3) is 0.148. The standard InChI is InChI=1S/C27H24N4O2/c28-15-17-1-8-22(9-2-17)30-26(32)19-5-3-18(4-6-19)24-14-25(24)27(33)31-23-10-7-21-16-29-12-11-20(21)13-23/h1-13,16,24-25H,14-15,28H2,(H,30,32)(H,31,33)/t24-,25+/m0/s1. The number of nitrogens with one attached hydrogen (secondary N) is 2. The van der Waals surface area contributed by atoms with E-state index in [2.05, 4.69) is 15.6 Å². The van der Waals surface area contributed by atoms with Crippen molar-refractivity contribution in [2.24, 2.45) is 11.7 Å². The number of rotatable bonds is 6. The lowest BCUT2D eigenvalue weighted by molar-refractivity contribution is -0.117. The Morgan fingerprint density at radius 3 is 2.39 bits per heavy atom. The maximum absolute atomic E-state index is 12.7. The molecule has 4 aromatic rings. The van der Waals surface area contributed by atoms with E-state index >= 15 is 0 Å². The van der Waals surface area contributed by atoms with Crippen molar-refractivity contribution in [2.75, 3.05) is 10.6 Å². The minimum Gasteiger partial charge on any atom is -0.326 e. The first-order valence-corrected chi connectivity index (χ1v) is 11.0. The molecular formula is C27H24N4O2. The molecule has 2 amide bonds. The maximum atomic E-state index is 12.7. The number of nitrogens with zero attached hydrogens (tertiary/aromatic N) is 1. The predicted octanol–water partition coefficient (Wildman–Crippen LogP) is 4.69. The Kier molecular flexibility index (Phi) is 5.59. The second kappa shape index (κ2) is 8.84. The predicted molar refractivity (Wildman–Crippen MR) is 130 cm³/mol. The molecule has 1 fully saturated rings. The van der Waals surface area contributed by atoms with Gasteiger partial charge in [-0.05, 0) is 71.3 Å². The summed E-state index contributed by atoms with van der Waals surface area (Å²) in [6, 6.07) is 22.7. The van der Waals surface area contributed by atoms with Gasteiger partial charge in [0, 0.05) is 47.2 Å². The smallest absolute Gasteiger partial charge is 0.255 e. The van der Waals surface area contributed by atoms with E-state index in [0.29, 0.717) is 12.1 Å². The SMILES string of the molecule is NCc1ccc(NC(=O)c2ccc([C@@H]3C[C@H]3C(=O)Nc3ccc4cnccc4c3)cc2)cc1. The van der Waals surface area contributed by atoms with Crippen molar-refractivity contribution in [2.45, 2.75) is 18.9 Å². The van der Waals surface area contributed by atoms with Crippen molar-refractivity contribution >= 4 is 34.0 Å². The number of benzene rings is 3. The van der Waals surface area contributed by atoms with Crippen LogP contribution in [0.25, 0.3) is 10.8 Å². The number of amides is 2. The fourth-order valence-corrected chi connectivity index (χ4v) is 4.06. The molecule has 6 heteroatoms. The van der Waals surface area contributed by atoms with Crippen LogP contribution in [0.2, 0.25) is 0 Å². The average Bonchev–Trinajstić information content (AvgIpc) is 3.66. The van der Waals surface area contributed by atoms with Gasteiger partial charge >= 0.3 is 0 Å². The highest BCUT2D eigenvalue weighted by molar-refractivity contribution is 6.04. The Morgan fingerprint density at radius 1 is 0.879 bits per heavy atom. The Bertz CT molecular complexity index is 1320. The van der Waals surface area contributed by atoms with Crippen LogP contribution in [-0.4, -0.2) is 16.8 Å². The van der Waals surface area contributed by atoms with Crippen molar-refractivity contribution in [3.63, 3.8) is 0 Å². The van der Waals surface area contributed by atoms with Gasteiger partial charge in [0.05, 0.1) is 0 Å². The molecule has 1 heterocycles. The molecule has 0 bridgehead atoms. The van der Waals surface area contributed by atoms with E-state index in [4.69, 9.17) is 5.73 Å². The third kappa shape index (κ3) is 4.61. The van der Waals surface area contributed by atoms with E-state index in [-0.39, 0.29) is 23.7 Å². The molecule has 0 aliphatic heterocycles. The third-order valence-corrected chi connectivity index (χ3v) is 6.08. The van der Waals surface area contributed by atoms with Gasteiger partial charge in [-0.15, -0.1) is 0 Å². The van der Waals surface area contributed by atoms with Crippen molar-refractivity contribution < 1.29 is 9.59 Å². The largest absolute Gasteiger partial charge is 0.326 e. The number of hydrogen-bond donors (Lipinski definition) is 3. The van der Waals surface area contributed by atoms with Gasteiger partial charge in [0.2, 0.25) is 5.91 Å². The summed E-state index contributed by atoms with van der Waals surface area (Å²) in [6.07, 6.45) is 4.36. The van der Waals surface area contributed by atoms with E-state index in [1.165, 1.54) is 0 Å². The van der Waals surface area contributed by atoms with Gasteiger partial charge < -0.3 is 16.4 Å². The van der Waals surface area contributed by atoms with Crippen LogP contribution < -0.4 is 16.4 Å². The summed E-state index contributed by atoms with van der Waals surface area (Å²) < 4.78 is 0. The molecule has 1 aliphatic rings. The van der Waals surface area contributed by atoms with Gasteiger partial charge in [-0.25, -0.2) is 0 Å². The zero-order valence-electron chi connectivity index (χ0n) is 18.0. The summed E-state index contributed by atoms with van der Waals surface area (Å²) in [7, 11) is 0. The average molecular weight is 437 g/mol. The molecule has 164 valence electrons. The highest BCUT2D eigenvalue weighted by atomic mass is 16.2. The van der Waals surface area contributed by atoms with Crippen molar-refractivity contribution in [1.29, 1.82) is 0 Å². The molecule has 0 radical (unpaired) electrons. The molecular weight excluding hydrogens is 412 g/mol. The van der Waals surface area contributed by atoms with Gasteiger partial charge in [0.1, 0.15) is 0 Å². The molecule has 6 nitrogen and oxygen atoms in total. The molecule has 33 heavy (non-hydrogen) atoms. The molecule has 3 aromatic carbocycles. The lowest BCUT2D eigenvalue weighted by Crippen LogP contribution is -2.14. The van der Waals surface area contributed by atoms with Gasteiger partial charge in [-0.1, -0.05) is 30.3 Å². The van der Waals surface area contributed by atoms with Crippen LogP contribution in [0.15, 0.2) is 85.2 Å². The van der Waals surface area contributed by atoms with E-state index in [0.717, 1.165) is 39.7 Å². The third-order valence-electron chi connectivity index (χ3n) is 6.08. The Hall–Kier alpha value is -4.03. The topological polar surface area (TPSA) is 97.1 Å². The highest BCUT2D eigenvalue weighted by Crippen LogP contribution is 2.48. The first kappa shape index (κ1) is 20.8. The number of pyridine rings is 1. The summed E-state index contributed by atoms with van der Waals surface area (Å²) in [6.45, 7) is 0.468. The van der Waals surface area contributed by atoms with Gasteiger partial charge in [0.15, 0.2) is 0 Å². The second-order valence-corrected chi connectivity index (χ2v) is 8.35. The van der Waals surface area contributed by atoms with Crippen LogP contribution in [0.5, 0.6) is 0 Å². The molecule has 5 rings (SSSR count). The van der Waals surface area contributed by atoms with Gasteiger partial charge in [-0.2, -0.15) is 0 Å². The summed E-state index contributed by atoms with van der Waals surface area (Å²) in [5, 5.41) is 8.00. The van der Waals surface area contributed by atoms with Crippen molar-refractivity contribution in [3.8, 4) is 0 Å². The first-order chi connectivity index (χ1) is 16.1. The molecule has 4 N–H and O–H groups in total. The monoisotopic (exact) mass is 436 g/mol. The number of anilines is 2. The quantitative estimate of drug-likeness (QED) is 0.409. The molecule has 1 aromatic heterocycles. The van der Waals surface area contributed by atoms with E-state index in [9.17, 15) is 9.59 Å². The number of carbonyl (C=O) groups excluding carboxylic acids is 2. The van der Waals surface area contributed by atoms with Crippen LogP contribution in [0, 0.1) is 5.92 Å². The molecule has 1 aliphatic carbocycles. The minimum absolute atomic E-state index is 0.0242. The van der Waals surface area contributed by atoms with Crippen LogP contribution in [0.1, 0.15) is 33.8 Å². The van der Waals surface area contributed by atoms with E-state index in [1.54, 1.807) is 12.4 Å². The van der Waals surface area contributed by atoms with Gasteiger partial charge in [-0.3, -0.25) is 14.6 Å². The normalized spacial score (nSPS) is 16.9. The number of nitrogens with two attached hydrogens (primary N) is 1. The summed E-state index contributed by atoms with van der Waals surface area (Å²) in [5.74, 6) is -0.0238. The van der Waals surface area contributed by atoms with Crippen molar-refractivity contribution in [1.82, 2.24) is 4.98 Å². The highest BCUT2D eigenvalue weighted by Gasteiger charge is 2.43. The lowest BCUT2D eigenvalue weighted by Gasteiger charge is -2.08. The van der Waals surface area contributed by atoms with Crippen molar-refractivity contribution in [3.05, 3.63) is 102 Å². The minimum atomic E-state index is -0.168. The number of carbonyl (C=O) groups is 2. The van der Waals surface area contributed by atoms with Gasteiger partial charge in [0.25, 0.3) is 5.91 Å². The summed E-state index contributed by atoms with van der Waals surface area (Å²) >= 11 is 0. The Balaban J connectivity index is 1.19. The van der Waals surface area contributed by atoms with E-state index in [1.807, 2.05) is 72.8 Å². The molecule has 2 atom stereocenters. The molecule has 0 spiro atoms. The first-order valence-electron chi connectivity index (χ1n) is 11.0. The Morgan fingerprint density at radius 2 is 1.64 bits per heavy atom. The molecule has 0 unspecified atom stereocenters. The molecule has 0 saturated heterocycles. The zero-order chi connectivity index (χ0) is 22.8. The summed E-state index contributed by atoms with van der Waals surface area (Å²) in [4.78, 5) is 29.4. The summed E-state index contributed by atoms with van der Waals surface area (Å²) in [5.41, 5.74) is 9.79. The maximum Gasteiger partial charge on any atom is 0.255 e. The number of fused-ring (bicyclic) bond motifs is 1. The second-order valence-electron chi connectivity index (χ2n) is 8.35.